The van der Waals surface area contributed by atoms with E-state index < -0.39 is 6.10 Å². The summed E-state index contributed by atoms with van der Waals surface area (Å²) in [5, 5.41) is 5.44. The Bertz CT molecular complexity index is 744. The van der Waals surface area contributed by atoms with E-state index in [-0.39, 0.29) is 18.4 Å². The van der Waals surface area contributed by atoms with Gasteiger partial charge >= 0.3 is 0 Å². The highest BCUT2D eigenvalue weighted by molar-refractivity contribution is 5.94. The number of nitrogens with one attached hydrogen (secondary N) is 2. The fraction of sp³-hybridized carbons (Fsp3) is 0.300. The SMILES string of the molecule is CCNC(=O)COc1cccc(NC(=O)C(C)Oc2ccc(C)cc2)c1. The zero-order chi connectivity index (χ0) is 18.9. The maximum Gasteiger partial charge on any atom is 0.265 e. The molecule has 0 aliphatic rings. The molecule has 0 bridgehead atoms. The maximum absolute atomic E-state index is 12.3. The van der Waals surface area contributed by atoms with Crippen LogP contribution in [0, 0.1) is 6.92 Å². The van der Waals surface area contributed by atoms with Gasteiger partial charge in [-0.25, -0.2) is 0 Å². The minimum atomic E-state index is -0.655. The van der Waals surface area contributed by atoms with Crippen LogP contribution in [0.25, 0.3) is 0 Å². The highest BCUT2D eigenvalue weighted by Gasteiger charge is 2.15. The van der Waals surface area contributed by atoms with Crippen molar-refractivity contribution >= 4 is 17.5 Å². The summed E-state index contributed by atoms with van der Waals surface area (Å²) in [4.78, 5) is 23.7. The minimum Gasteiger partial charge on any atom is -0.484 e. The Morgan fingerprint density at radius 3 is 2.50 bits per heavy atom. The number of ether oxygens (including phenoxy) is 2. The minimum absolute atomic E-state index is 0.0713. The molecule has 26 heavy (non-hydrogen) atoms. The van der Waals surface area contributed by atoms with Gasteiger partial charge in [0.25, 0.3) is 11.8 Å². The fourth-order valence-electron chi connectivity index (χ4n) is 2.18. The van der Waals surface area contributed by atoms with E-state index in [9.17, 15) is 9.59 Å². The van der Waals surface area contributed by atoms with E-state index in [0.717, 1.165) is 5.56 Å². The Labute approximate surface area is 153 Å². The third kappa shape index (κ3) is 6.12. The van der Waals surface area contributed by atoms with Crippen molar-refractivity contribution in [2.45, 2.75) is 26.9 Å². The van der Waals surface area contributed by atoms with Crippen LogP contribution < -0.4 is 20.1 Å². The molecule has 0 aliphatic carbocycles. The topological polar surface area (TPSA) is 76.7 Å². The normalized spacial score (nSPS) is 11.3. The number of benzene rings is 2. The lowest BCUT2D eigenvalue weighted by molar-refractivity contribution is -0.123. The second-order valence-electron chi connectivity index (χ2n) is 5.83. The molecule has 138 valence electrons. The van der Waals surface area contributed by atoms with Crippen molar-refractivity contribution in [2.75, 3.05) is 18.5 Å². The zero-order valence-electron chi connectivity index (χ0n) is 15.2. The van der Waals surface area contributed by atoms with E-state index >= 15 is 0 Å². The number of hydrogen-bond acceptors (Lipinski definition) is 4. The quantitative estimate of drug-likeness (QED) is 0.762. The van der Waals surface area contributed by atoms with Crippen molar-refractivity contribution in [1.82, 2.24) is 5.32 Å². The van der Waals surface area contributed by atoms with Gasteiger partial charge in [-0.3, -0.25) is 9.59 Å². The Hall–Kier alpha value is -3.02. The average Bonchev–Trinajstić information content (AvgIpc) is 2.62. The van der Waals surface area contributed by atoms with Gasteiger partial charge < -0.3 is 20.1 Å². The summed E-state index contributed by atoms with van der Waals surface area (Å²) in [6.45, 7) is 5.99. The standard InChI is InChI=1S/C20H24N2O4/c1-4-21-19(23)13-25-18-7-5-6-16(12-18)22-20(24)15(3)26-17-10-8-14(2)9-11-17/h5-12,15H,4,13H2,1-3H3,(H,21,23)(H,22,24). The molecule has 2 amide bonds. The summed E-state index contributed by atoms with van der Waals surface area (Å²) in [7, 11) is 0. The molecule has 0 aromatic heterocycles. The molecular weight excluding hydrogens is 332 g/mol. The number of anilines is 1. The molecule has 6 heteroatoms. The van der Waals surface area contributed by atoms with Gasteiger partial charge in [-0.05, 0) is 45.0 Å². The predicted octanol–water partition coefficient (Wildman–Crippen LogP) is 2.92. The van der Waals surface area contributed by atoms with Crippen LogP contribution in [0.5, 0.6) is 11.5 Å². The van der Waals surface area contributed by atoms with Crippen LogP contribution >= 0.6 is 0 Å². The Morgan fingerprint density at radius 2 is 1.81 bits per heavy atom. The van der Waals surface area contributed by atoms with Gasteiger partial charge in [-0.1, -0.05) is 23.8 Å². The van der Waals surface area contributed by atoms with Crippen LogP contribution in [0.1, 0.15) is 19.4 Å². The lowest BCUT2D eigenvalue weighted by Gasteiger charge is -2.15. The summed E-state index contributed by atoms with van der Waals surface area (Å²) in [6.07, 6.45) is -0.655. The molecule has 0 fully saturated rings. The number of likely N-dealkylation sites (N-methyl/N-ethyl adjacent to an activating group) is 1. The van der Waals surface area contributed by atoms with E-state index in [4.69, 9.17) is 9.47 Å². The molecular formula is C20H24N2O4. The second kappa shape index (κ2) is 9.46. The van der Waals surface area contributed by atoms with E-state index in [0.29, 0.717) is 23.7 Å². The molecule has 0 spiro atoms. The van der Waals surface area contributed by atoms with Crippen LogP contribution in [0.3, 0.4) is 0 Å². The van der Waals surface area contributed by atoms with Crippen LogP contribution in [-0.4, -0.2) is 31.1 Å². The first-order valence-corrected chi connectivity index (χ1v) is 8.51. The molecule has 0 radical (unpaired) electrons. The van der Waals surface area contributed by atoms with Gasteiger partial charge in [0.2, 0.25) is 0 Å². The summed E-state index contributed by atoms with van der Waals surface area (Å²) < 4.78 is 11.1. The van der Waals surface area contributed by atoms with Crippen LogP contribution in [0.4, 0.5) is 5.69 Å². The van der Waals surface area contributed by atoms with E-state index in [1.54, 1.807) is 31.2 Å². The number of hydrogen-bond donors (Lipinski definition) is 2. The first-order chi connectivity index (χ1) is 12.5. The molecule has 2 aromatic rings. The predicted molar refractivity (Wildman–Crippen MR) is 101 cm³/mol. The molecule has 0 aliphatic heterocycles. The van der Waals surface area contributed by atoms with Gasteiger partial charge in [-0.15, -0.1) is 0 Å². The first kappa shape index (κ1) is 19.3. The largest absolute Gasteiger partial charge is 0.484 e. The van der Waals surface area contributed by atoms with Gasteiger partial charge in [0, 0.05) is 18.3 Å². The Balaban J connectivity index is 1.90. The Kier molecular flexibility index (Phi) is 7.02. The molecule has 2 aromatic carbocycles. The van der Waals surface area contributed by atoms with Gasteiger partial charge in [0.1, 0.15) is 11.5 Å². The first-order valence-electron chi connectivity index (χ1n) is 8.51. The monoisotopic (exact) mass is 356 g/mol. The number of carbonyl (C=O) groups excluding carboxylic acids is 2. The van der Waals surface area contributed by atoms with Crippen molar-refractivity contribution in [3.63, 3.8) is 0 Å². The van der Waals surface area contributed by atoms with Crippen molar-refractivity contribution in [3.05, 3.63) is 54.1 Å². The Morgan fingerprint density at radius 1 is 1.08 bits per heavy atom. The molecule has 1 unspecified atom stereocenters. The summed E-state index contributed by atoms with van der Waals surface area (Å²) >= 11 is 0. The molecule has 0 saturated heterocycles. The highest BCUT2D eigenvalue weighted by atomic mass is 16.5. The fourth-order valence-corrected chi connectivity index (χ4v) is 2.18. The van der Waals surface area contributed by atoms with Crippen molar-refractivity contribution < 1.29 is 19.1 Å². The molecule has 6 nitrogen and oxygen atoms in total. The smallest absolute Gasteiger partial charge is 0.265 e. The van der Waals surface area contributed by atoms with Crippen LogP contribution in [0.15, 0.2) is 48.5 Å². The number of aryl methyl sites for hydroxylation is 1. The molecule has 2 N–H and O–H groups in total. The van der Waals surface area contributed by atoms with Crippen LogP contribution in [0.2, 0.25) is 0 Å². The average molecular weight is 356 g/mol. The van der Waals surface area contributed by atoms with E-state index in [1.165, 1.54) is 0 Å². The molecule has 2 rings (SSSR count). The second-order valence-corrected chi connectivity index (χ2v) is 5.83. The molecule has 1 atom stereocenters. The van der Waals surface area contributed by atoms with Crippen molar-refractivity contribution in [3.8, 4) is 11.5 Å². The number of rotatable bonds is 8. The van der Waals surface area contributed by atoms with E-state index in [2.05, 4.69) is 10.6 Å². The third-order valence-electron chi connectivity index (χ3n) is 3.55. The van der Waals surface area contributed by atoms with Crippen molar-refractivity contribution in [2.24, 2.45) is 0 Å². The number of carbonyl (C=O) groups is 2. The lowest BCUT2D eigenvalue weighted by atomic mass is 10.2. The summed E-state index contributed by atoms with van der Waals surface area (Å²) in [5.41, 5.74) is 1.70. The molecule has 0 heterocycles. The van der Waals surface area contributed by atoms with Gasteiger partial charge in [0.15, 0.2) is 12.7 Å². The van der Waals surface area contributed by atoms with Crippen molar-refractivity contribution in [1.29, 1.82) is 0 Å². The third-order valence-corrected chi connectivity index (χ3v) is 3.55. The van der Waals surface area contributed by atoms with Gasteiger partial charge in [-0.2, -0.15) is 0 Å². The molecule has 0 saturated carbocycles. The van der Waals surface area contributed by atoms with Crippen LogP contribution in [-0.2, 0) is 9.59 Å². The number of amides is 2. The highest BCUT2D eigenvalue weighted by Crippen LogP contribution is 2.18. The lowest BCUT2D eigenvalue weighted by Crippen LogP contribution is -2.30. The van der Waals surface area contributed by atoms with Gasteiger partial charge in [0.05, 0.1) is 0 Å². The van der Waals surface area contributed by atoms with E-state index in [1.807, 2.05) is 38.1 Å². The summed E-state index contributed by atoms with van der Waals surface area (Å²) in [5.74, 6) is 0.673. The maximum atomic E-state index is 12.3. The summed E-state index contributed by atoms with van der Waals surface area (Å²) in [6, 6.07) is 14.4. The zero-order valence-corrected chi connectivity index (χ0v) is 15.2.